The van der Waals surface area contributed by atoms with Gasteiger partial charge in [0, 0.05) is 12.6 Å². The second-order valence-corrected chi connectivity index (χ2v) is 5.28. The zero-order valence-electron chi connectivity index (χ0n) is 12.4. The van der Waals surface area contributed by atoms with Gasteiger partial charge in [-0.05, 0) is 26.4 Å². The second-order valence-electron chi connectivity index (χ2n) is 5.28. The Balaban J connectivity index is 3.43. The van der Waals surface area contributed by atoms with E-state index in [-0.39, 0.29) is 0 Å². The number of hydrogen-bond acceptors (Lipinski definition) is 2. The van der Waals surface area contributed by atoms with Gasteiger partial charge in [-0.1, -0.05) is 58.8 Å². The molecule has 0 aromatic rings. The fourth-order valence-corrected chi connectivity index (χ4v) is 2.39. The molecule has 0 fully saturated rings. The summed E-state index contributed by atoms with van der Waals surface area (Å²) in [5, 5.41) is 0. The molecule has 0 radical (unpaired) electrons. The summed E-state index contributed by atoms with van der Waals surface area (Å²) < 4.78 is 0. The topological polar surface area (TPSA) is 29.3 Å². The minimum Gasteiger partial charge on any atom is -0.329 e. The Bertz CT molecular complexity index is 148. The maximum Gasteiger partial charge on any atom is 0.0215 e. The van der Waals surface area contributed by atoms with Crippen molar-refractivity contribution in [2.24, 2.45) is 5.73 Å². The molecule has 2 nitrogen and oxygen atoms in total. The maximum absolute atomic E-state index is 5.84. The summed E-state index contributed by atoms with van der Waals surface area (Å²) in [6.45, 7) is 6.50. The van der Waals surface area contributed by atoms with Crippen molar-refractivity contribution in [3.8, 4) is 0 Å². The highest BCUT2D eigenvalue weighted by molar-refractivity contribution is 4.69. The van der Waals surface area contributed by atoms with E-state index < -0.39 is 0 Å². The third kappa shape index (κ3) is 9.61. The van der Waals surface area contributed by atoms with Crippen LogP contribution in [0, 0.1) is 0 Å². The molecular formula is C15H34N2. The van der Waals surface area contributed by atoms with Gasteiger partial charge in [-0.25, -0.2) is 0 Å². The molecule has 2 N–H and O–H groups in total. The molecule has 2 heteroatoms. The van der Waals surface area contributed by atoms with Gasteiger partial charge >= 0.3 is 0 Å². The summed E-state index contributed by atoms with van der Waals surface area (Å²) >= 11 is 0. The van der Waals surface area contributed by atoms with Crippen molar-refractivity contribution in [1.29, 1.82) is 0 Å². The van der Waals surface area contributed by atoms with Crippen molar-refractivity contribution < 1.29 is 0 Å². The molecular weight excluding hydrogens is 208 g/mol. The summed E-state index contributed by atoms with van der Waals surface area (Å²) in [6.07, 6.45) is 12.3. The first-order valence-electron chi connectivity index (χ1n) is 7.66. The lowest BCUT2D eigenvalue weighted by atomic mass is 10.0. The average molecular weight is 242 g/mol. The highest BCUT2D eigenvalue weighted by Gasteiger charge is 2.11. The van der Waals surface area contributed by atoms with E-state index in [1.54, 1.807) is 0 Å². The molecule has 0 spiro atoms. The van der Waals surface area contributed by atoms with Crippen LogP contribution in [-0.4, -0.2) is 31.1 Å². The molecule has 0 aliphatic heterocycles. The first kappa shape index (κ1) is 16.9. The number of nitrogens with two attached hydrogens (primary N) is 1. The van der Waals surface area contributed by atoms with E-state index in [2.05, 4.69) is 25.8 Å². The highest BCUT2D eigenvalue weighted by Crippen LogP contribution is 2.11. The lowest BCUT2D eigenvalue weighted by Crippen LogP contribution is -2.38. The Kier molecular flexibility index (Phi) is 12.3. The van der Waals surface area contributed by atoms with Gasteiger partial charge in [0.25, 0.3) is 0 Å². The minimum atomic E-state index is 0.602. The van der Waals surface area contributed by atoms with Crippen molar-refractivity contribution in [3.05, 3.63) is 0 Å². The zero-order chi connectivity index (χ0) is 12.9. The van der Waals surface area contributed by atoms with Crippen LogP contribution in [0.4, 0.5) is 0 Å². The van der Waals surface area contributed by atoms with Crippen molar-refractivity contribution in [1.82, 2.24) is 4.90 Å². The molecule has 0 aliphatic rings. The molecule has 0 heterocycles. The van der Waals surface area contributed by atoms with Crippen LogP contribution in [0.5, 0.6) is 0 Å². The first-order chi connectivity index (χ1) is 8.26. The normalized spacial score (nSPS) is 13.2. The molecule has 0 rings (SSSR count). The molecule has 0 bridgehead atoms. The van der Waals surface area contributed by atoms with Gasteiger partial charge in [-0.2, -0.15) is 0 Å². The van der Waals surface area contributed by atoms with Crippen LogP contribution in [0.25, 0.3) is 0 Å². The van der Waals surface area contributed by atoms with Crippen LogP contribution in [0.3, 0.4) is 0 Å². The number of rotatable bonds is 12. The fourth-order valence-electron chi connectivity index (χ4n) is 2.39. The van der Waals surface area contributed by atoms with Crippen LogP contribution in [-0.2, 0) is 0 Å². The lowest BCUT2D eigenvalue weighted by molar-refractivity contribution is 0.231. The Morgan fingerprint density at radius 2 is 1.47 bits per heavy atom. The molecule has 1 unspecified atom stereocenters. The maximum atomic E-state index is 5.84. The average Bonchev–Trinajstić information content (AvgIpc) is 2.33. The van der Waals surface area contributed by atoms with Crippen molar-refractivity contribution in [2.75, 3.05) is 20.1 Å². The first-order valence-corrected chi connectivity index (χ1v) is 7.66. The van der Waals surface area contributed by atoms with E-state index >= 15 is 0 Å². The van der Waals surface area contributed by atoms with Crippen molar-refractivity contribution >= 4 is 0 Å². The third-order valence-corrected chi connectivity index (χ3v) is 3.61. The van der Waals surface area contributed by atoms with E-state index in [9.17, 15) is 0 Å². The Hall–Kier alpha value is -0.0800. The summed E-state index contributed by atoms with van der Waals surface area (Å²) in [6, 6.07) is 0.602. The molecule has 0 aliphatic carbocycles. The third-order valence-electron chi connectivity index (χ3n) is 3.61. The van der Waals surface area contributed by atoms with E-state index in [4.69, 9.17) is 5.73 Å². The number of likely N-dealkylation sites (N-methyl/N-ethyl adjacent to an activating group) is 1. The number of hydrogen-bond donors (Lipinski definition) is 1. The number of unbranched alkanes of at least 4 members (excludes halogenated alkanes) is 6. The van der Waals surface area contributed by atoms with E-state index in [0.717, 1.165) is 6.54 Å². The van der Waals surface area contributed by atoms with Gasteiger partial charge in [0.15, 0.2) is 0 Å². The summed E-state index contributed by atoms with van der Waals surface area (Å²) in [4.78, 5) is 2.43. The van der Waals surface area contributed by atoms with Crippen LogP contribution >= 0.6 is 0 Å². The van der Waals surface area contributed by atoms with Gasteiger partial charge in [0.05, 0.1) is 0 Å². The zero-order valence-corrected chi connectivity index (χ0v) is 12.4. The SMILES string of the molecule is CCCCCCCCCC(CN)N(C)CCC. The molecule has 0 amide bonds. The van der Waals surface area contributed by atoms with Crippen LogP contribution in [0.1, 0.15) is 71.6 Å². The Labute approximate surface area is 109 Å². The molecule has 0 aromatic carbocycles. The fraction of sp³-hybridized carbons (Fsp3) is 1.00. The summed E-state index contributed by atoms with van der Waals surface area (Å²) in [7, 11) is 2.21. The predicted octanol–water partition coefficient (Wildman–Crippen LogP) is 3.80. The molecule has 0 aromatic heterocycles. The van der Waals surface area contributed by atoms with Gasteiger partial charge in [-0.15, -0.1) is 0 Å². The van der Waals surface area contributed by atoms with E-state index in [0.29, 0.717) is 6.04 Å². The molecule has 0 saturated heterocycles. The molecule has 17 heavy (non-hydrogen) atoms. The molecule has 1 atom stereocenters. The Morgan fingerprint density at radius 3 is 2.00 bits per heavy atom. The van der Waals surface area contributed by atoms with E-state index in [1.807, 2.05) is 0 Å². The van der Waals surface area contributed by atoms with Crippen molar-refractivity contribution in [3.63, 3.8) is 0 Å². The standard InChI is InChI=1S/C15H34N2/c1-4-6-7-8-9-10-11-12-15(14-16)17(3)13-5-2/h15H,4-14,16H2,1-3H3. The van der Waals surface area contributed by atoms with Crippen molar-refractivity contribution in [2.45, 2.75) is 77.7 Å². The number of nitrogens with zero attached hydrogens (tertiary/aromatic N) is 1. The smallest absolute Gasteiger partial charge is 0.0215 e. The lowest BCUT2D eigenvalue weighted by Gasteiger charge is -2.26. The Morgan fingerprint density at radius 1 is 0.882 bits per heavy atom. The van der Waals surface area contributed by atoms with Gasteiger partial charge in [-0.3, -0.25) is 0 Å². The van der Waals surface area contributed by atoms with Crippen LogP contribution < -0.4 is 5.73 Å². The second kappa shape index (κ2) is 12.4. The van der Waals surface area contributed by atoms with Gasteiger partial charge in [0.1, 0.15) is 0 Å². The monoisotopic (exact) mass is 242 g/mol. The van der Waals surface area contributed by atoms with Gasteiger partial charge in [0.2, 0.25) is 0 Å². The van der Waals surface area contributed by atoms with Crippen LogP contribution in [0.15, 0.2) is 0 Å². The largest absolute Gasteiger partial charge is 0.329 e. The van der Waals surface area contributed by atoms with Gasteiger partial charge < -0.3 is 10.6 Å². The highest BCUT2D eigenvalue weighted by atomic mass is 15.1. The van der Waals surface area contributed by atoms with E-state index in [1.165, 1.54) is 64.3 Å². The predicted molar refractivity (Wildman–Crippen MR) is 78.4 cm³/mol. The summed E-state index contributed by atoms with van der Waals surface area (Å²) in [5.74, 6) is 0. The molecule has 0 saturated carbocycles. The van der Waals surface area contributed by atoms with Crippen LogP contribution in [0.2, 0.25) is 0 Å². The quantitative estimate of drug-likeness (QED) is 0.528. The summed E-state index contributed by atoms with van der Waals surface area (Å²) in [5.41, 5.74) is 5.84. The molecule has 104 valence electrons. The minimum absolute atomic E-state index is 0.602.